The topological polar surface area (TPSA) is 95.9 Å². The maximum atomic E-state index is 12.3. The van der Waals surface area contributed by atoms with E-state index in [1.807, 2.05) is 0 Å². The average molecular weight is 400 g/mol. The quantitative estimate of drug-likeness (QED) is 0.253. The van der Waals surface area contributed by atoms with Gasteiger partial charge in [-0.15, -0.1) is 0 Å². The third-order valence-corrected chi connectivity index (χ3v) is 4.33. The minimum Gasteiger partial charge on any atom is -0.861 e. The molecule has 10 heteroatoms. The van der Waals surface area contributed by atoms with Gasteiger partial charge in [0, 0.05) is 17.4 Å². The van der Waals surface area contributed by atoms with Crippen molar-refractivity contribution in [2.24, 2.45) is 4.40 Å². The highest BCUT2D eigenvalue weighted by atomic mass is 32.2. The number of alkyl halides is 3. The molecule has 0 bridgehead atoms. The Hall–Kier alpha value is -2.88. The molecule has 0 unspecified atom stereocenters. The molecule has 0 N–H and O–H groups in total. The molecule has 144 valence electrons. The minimum atomic E-state index is -5.92. The van der Waals surface area contributed by atoms with E-state index in [2.05, 4.69) is 11.0 Å². The monoisotopic (exact) mass is 400 g/mol. The first-order chi connectivity index (χ1) is 12.4. The summed E-state index contributed by atoms with van der Waals surface area (Å²) in [5, 5.41) is 12.7. The van der Waals surface area contributed by atoms with E-state index in [9.17, 15) is 31.5 Å². The van der Waals surface area contributed by atoms with Gasteiger partial charge < -0.3 is 9.84 Å². The van der Waals surface area contributed by atoms with Gasteiger partial charge in [0.15, 0.2) is 0 Å². The van der Waals surface area contributed by atoms with Crippen molar-refractivity contribution in [3.63, 3.8) is 0 Å². The van der Waals surface area contributed by atoms with E-state index >= 15 is 0 Å². The zero-order chi connectivity index (χ0) is 20.4. The predicted molar refractivity (Wildman–Crippen MR) is 90.5 cm³/mol. The van der Waals surface area contributed by atoms with E-state index in [1.165, 1.54) is 19.1 Å². The van der Waals surface area contributed by atoms with Crippen LogP contribution in [0.15, 0.2) is 52.9 Å². The van der Waals surface area contributed by atoms with Crippen LogP contribution in [0.4, 0.5) is 13.2 Å². The van der Waals surface area contributed by atoms with Crippen molar-refractivity contribution in [2.75, 3.05) is 0 Å². The molecule has 0 aromatic heterocycles. The van der Waals surface area contributed by atoms with E-state index in [-0.39, 0.29) is 16.9 Å². The van der Waals surface area contributed by atoms with Crippen LogP contribution in [0.5, 0.6) is 5.75 Å². The standard InChI is InChI=1S/C17H14F3NO5S/c1-10(2)16(23)26-14-8-11(7-12-5-3-4-6-13(12)14)9-15(22)21-27(24,25)17(18,19)20/h3-8H,1,9H2,2H3,(H,21,22)/p-1. The Kier molecular flexibility index (Phi) is 5.59. The number of nitrogens with zero attached hydrogens (tertiary/aromatic N) is 1. The summed E-state index contributed by atoms with van der Waals surface area (Å²) < 4.78 is 66.3. The highest BCUT2D eigenvalue weighted by Gasteiger charge is 2.45. The second kappa shape index (κ2) is 7.39. The number of benzene rings is 2. The van der Waals surface area contributed by atoms with Gasteiger partial charge in [-0.05, 0) is 29.8 Å². The summed E-state index contributed by atoms with van der Waals surface area (Å²) in [5.74, 6) is -2.17. The van der Waals surface area contributed by atoms with Crippen LogP contribution in [0.2, 0.25) is 0 Å². The molecule has 0 saturated carbocycles. The van der Waals surface area contributed by atoms with Crippen molar-refractivity contribution in [3.8, 4) is 5.75 Å². The number of carbonyl (C=O) groups excluding carboxylic acids is 1. The minimum absolute atomic E-state index is 0.0579. The lowest BCUT2D eigenvalue weighted by Crippen LogP contribution is -2.27. The number of hydrogen-bond acceptors (Lipinski definition) is 5. The number of rotatable bonds is 5. The lowest BCUT2D eigenvalue weighted by Gasteiger charge is -2.14. The first kappa shape index (κ1) is 20.4. The molecule has 0 atom stereocenters. The van der Waals surface area contributed by atoms with Gasteiger partial charge in [0.1, 0.15) is 5.75 Å². The molecular formula is C17H13F3NO5S-. The maximum absolute atomic E-state index is 12.3. The summed E-state index contributed by atoms with van der Waals surface area (Å²) in [5.41, 5.74) is -5.41. The van der Waals surface area contributed by atoms with Crippen LogP contribution in [-0.4, -0.2) is 25.8 Å². The molecule has 0 heterocycles. The van der Waals surface area contributed by atoms with Crippen molar-refractivity contribution in [2.45, 2.75) is 18.9 Å². The molecule has 2 aromatic rings. The first-order valence-corrected chi connectivity index (χ1v) is 8.81. The molecule has 2 aromatic carbocycles. The van der Waals surface area contributed by atoms with E-state index in [1.54, 1.807) is 24.3 Å². The summed E-state index contributed by atoms with van der Waals surface area (Å²) in [6, 6.07) is 9.33. The van der Waals surface area contributed by atoms with Crippen LogP contribution in [-0.2, 0) is 21.2 Å². The van der Waals surface area contributed by atoms with Crippen LogP contribution >= 0.6 is 0 Å². The SMILES string of the molecule is C=C(C)C(=O)Oc1cc(C/C([O-])=N/S(=O)(=O)C(F)(F)F)cc2ccccc12. The molecule has 0 aliphatic rings. The average Bonchev–Trinajstić information content (AvgIpc) is 2.52. The summed E-state index contributed by atoms with van der Waals surface area (Å²) in [6.07, 6.45) is -0.724. The molecule has 27 heavy (non-hydrogen) atoms. The molecule has 0 aliphatic carbocycles. The summed E-state index contributed by atoms with van der Waals surface area (Å²) in [6.45, 7) is 4.88. The first-order valence-electron chi connectivity index (χ1n) is 7.37. The predicted octanol–water partition coefficient (Wildman–Crippen LogP) is 2.47. The van der Waals surface area contributed by atoms with Crippen LogP contribution in [0.3, 0.4) is 0 Å². The van der Waals surface area contributed by atoms with Gasteiger partial charge in [0.05, 0.1) is 0 Å². The Bertz CT molecular complexity index is 1040. The normalized spacial score (nSPS) is 12.8. The molecule has 0 aliphatic heterocycles. The van der Waals surface area contributed by atoms with Crippen LogP contribution < -0.4 is 9.84 Å². The van der Waals surface area contributed by atoms with Gasteiger partial charge in [-0.1, -0.05) is 36.9 Å². The van der Waals surface area contributed by atoms with E-state index in [0.717, 1.165) is 0 Å². The molecule has 0 fully saturated rings. The van der Waals surface area contributed by atoms with E-state index in [4.69, 9.17) is 4.74 Å². The molecule has 0 spiro atoms. The van der Waals surface area contributed by atoms with Crippen molar-refractivity contribution in [1.82, 2.24) is 0 Å². The smallest absolute Gasteiger partial charge is 0.518 e. The Morgan fingerprint density at radius 2 is 1.89 bits per heavy atom. The lowest BCUT2D eigenvalue weighted by molar-refractivity contribution is -0.217. The summed E-state index contributed by atoms with van der Waals surface area (Å²) in [7, 11) is -5.92. The highest BCUT2D eigenvalue weighted by Crippen LogP contribution is 2.29. The van der Waals surface area contributed by atoms with Gasteiger partial charge in [-0.3, -0.25) is 0 Å². The van der Waals surface area contributed by atoms with Crippen LogP contribution in [0.25, 0.3) is 10.8 Å². The Labute approximate surface area is 152 Å². The third kappa shape index (κ3) is 4.85. The van der Waals surface area contributed by atoms with Gasteiger partial charge >= 0.3 is 21.5 Å². The third-order valence-electron chi connectivity index (χ3n) is 3.30. The number of sulfonamides is 1. The van der Waals surface area contributed by atoms with Crippen LogP contribution in [0, 0.1) is 0 Å². The number of ether oxygens (including phenoxy) is 1. The fourth-order valence-electron chi connectivity index (χ4n) is 2.10. The second-order valence-electron chi connectivity index (χ2n) is 5.57. The largest absolute Gasteiger partial charge is 0.861 e. The lowest BCUT2D eigenvalue weighted by atomic mass is 10.0. The Morgan fingerprint density at radius 3 is 2.48 bits per heavy atom. The van der Waals surface area contributed by atoms with Crippen LogP contribution in [0.1, 0.15) is 12.5 Å². The fraction of sp³-hybridized carbons (Fsp3) is 0.176. The Morgan fingerprint density at radius 1 is 1.26 bits per heavy atom. The highest BCUT2D eigenvalue weighted by molar-refractivity contribution is 7.91. The molecular weight excluding hydrogens is 387 g/mol. The van der Waals surface area contributed by atoms with Gasteiger partial charge in [0.2, 0.25) is 0 Å². The van der Waals surface area contributed by atoms with Gasteiger partial charge in [-0.25, -0.2) is 4.79 Å². The second-order valence-corrected chi connectivity index (χ2v) is 7.16. The molecule has 0 saturated heterocycles. The zero-order valence-electron chi connectivity index (χ0n) is 13.9. The van der Waals surface area contributed by atoms with E-state index in [0.29, 0.717) is 10.8 Å². The number of esters is 1. The van der Waals surface area contributed by atoms with Crippen molar-refractivity contribution >= 4 is 32.7 Å². The van der Waals surface area contributed by atoms with Crippen molar-refractivity contribution < 1.29 is 36.2 Å². The number of hydrogen-bond donors (Lipinski definition) is 0. The fourth-order valence-corrected chi connectivity index (χ4v) is 2.54. The zero-order valence-corrected chi connectivity index (χ0v) is 14.7. The number of halogens is 3. The van der Waals surface area contributed by atoms with Gasteiger partial charge in [-0.2, -0.15) is 26.0 Å². The van der Waals surface area contributed by atoms with Crippen molar-refractivity contribution in [1.29, 1.82) is 0 Å². The molecule has 0 radical (unpaired) electrons. The van der Waals surface area contributed by atoms with Crippen molar-refractivity contribution in [3.05, 3.63) is 54.1 Å². The molecule has 0 amide bonds. The summed E-state index contributed by atoms with van der Waals surface area (Å²) >= 11 is 0. The van der Waals surface area contributed by atoms with E-state index < -0.39 is 33.8 Å². The number of fused-ring (bicyclic) bond motifs is 1. The van der Waals surface area contributed by atoms with Gasteiger partial charge in [0.25, 0.3) is 0 Å². The summed E-state index contributed by atoms with van der Waals surface area (Å²) in [4.78, 5) is 11.8. The molecule has 6 nitrogen and oxygen atoms in total. The molecule has 2 rings (SSSR count). The Balaban J connectivity index is 2.45. The maximum Gasteiger partial charge on any atom is 0.518 e. The number of carbonyl (C=O) groups is 1.